The number of carbonyl (C=O) groups is 1. The van der Waals surface area contributed by atoms with E-state index in [1.54, 1.807) is 24.3 Å². The Hall–Kier alpha value is -1.78. The first-order valence-electron chi connectivity index (χ1n) is 5.68. The molecular formula is C14H10Cl2FNO2. The first kappa shape index (κ1) is 14.6. The normalized spacial score (nSPS) is 11.9. The molecule has 6 heteroatoms. The zero-order chi connectivity index (χ0) is 14.7. The van der Waals surface area contributed by atoms with Crippen molar-refractivity contribution in [3.8, 4) is 0 Å². The lowest BCUT2D eigenvalue weighted by molar-refractivity contribution is -0.138. The van der Waals surface area contributed by atoms with Crippen LogP contribution in [0.4, 0.5) is 10.1 Å². The second kappa shape index (κ2) is 6.11. The maximum atomic E-state index is 13.0. The van der Waals surface area contributed by atoms with Crippen molar-refractivity contribution in [3.63, 3.8) is 0 Å². The van der Waals surface area contributed by atoms with E-state index in [-0.39, 0.29) is 10.6 Å². The summed E-state index contributed by atoms with van der Waals surface area (Å²) < 4.78 is 13.0. The third kappa shape index (κ3) is 3.21. The van der Waals surface area contributed by atoms with Gasteiger partial charge in [-0.3, -0.25) is 0 Å². The molecule has 104 valence electrons. The average Bonchev–Trinajstić information content (AvgIpc) is 2.38. The molecule has 1 unspecified atom stereocenters. The van der Waals surface area contributed by atoms with E-state index < -0.39 is 17.8 Å². The van der Waals surface area contributed by atoms with E-state index >= 15 is 0 Å². The van der Waals surface area contributed by atoms with Gasteiger partial charge in [-0.25, -0.2) is 9.18 Å². The van der Waals surface area contributed by atoms with E-state index in [9.17, 15) is 14.3 Å². The van der Waals surface area contributed by atoms with E-state index in [1.165, 1.54) is 6.07 Å². The van der Waals surface area contributed by atoms with Crippen LogP contribution in [-0.4, -0.2) is 11.1 Å². The number of benzene rings is 2. The molecule has 0 aliphatic carbocycles. The van der Waals surface area contributed by atoms with Gasteiger partial charge in [-0.15, -0.1) is 0 Å². The predicted molar refractivity (Wildman–Crippen MR) is 76.9 cm³/mol. The Morgan fingerprint density at radius 2 is 1.85 bits per heavy atom. The van der Waals surface area contributed by atoms with E-state index in [0.29, 0.717) is 10.7 Å². The highest BCUT2D eigenvalue weighted by Crippen LogP contribution is 2.30. The van der Waals surface area contributed by atoms with Crippen LogP contribution in [0.3, 0.4) is 0 Å². The van der Waals surface area contributed by atoms with Crippen molar-refractivity contribution in [2.45, 2.75) is 6.04 Å². The summed E-state index contributed by atoms with van der Waals surface area (Å²) in [5.41, 5.74) is 0.724. The zero-order valence-corrected chi connectivity index (χ0v) is 11.6. The van der Waals surface area contributed by atoms with Crippen molar-refractivity contribution >= 4 is 34.9 Å². The molecular weight excluding hydrogens is 304 g/mol. The van der Waals surface area contributed by atoms with Gasteiger partial charge >= 0.3 is 5.97 Å². The molecule has 2 aromatic rings. The van der Waals surface area contributed by atoms with Crippen molar-refractivity contribution in [1.82, 2.24) is 0 Å². The largest absolute Gasteiger partial charge is 0.479 e. The van der Waals surface area contributed by atoms with Crippen LogP contribution in [0.25, 0.3) is 0 Å². The number of halogens is 3. The molecule has 2 aromatic carbocycles. The molecule has 0 spiro atoms. The Bertz CT molecular complexity index is 649. The number of para-hydroxylation sites is 1. The summed E-state index contributed by atoms with van der Waals surface area (Å²) >= 11 is 11.9. The summed E-state index contributed by atoms with van der Waals surface area (Å²) in [5.74, 6) is -1.67. The molecule has 0 aromatic heterocycles. The number of aliphatic carboxylic acids is 1. The molecule has 0 amide bonds. The molecule has 0 fully saturated rings. The number of rotatable bonds is 4. The number of anilines is 1. The third-order valence-corrected chi connectivity index (χ3v) is 3.35. The van der Waals surface area contributed by atoms with Gasteiger partial charge in [-0.05, 0) is 24.3 Å². The monoisotopic (exact) mass is 313 g/mol. The molecule has 0 aliphatic rings. The van der Waals surface area contributed by atoms with Crippen LogP contribution in [0.15, 0.2) is 42.5 Å². The highest BCUT2D eigenvalue weighted by molar-refractivity contribution is 6.33. The molecule has 2 rings (SSSR count). The lowest BCUT2D eigenvalue weighted by atomic mass is 10.1. The summed E-state index contributed by atoms with van der Waals surface area (Å²) in [7, 11) is 0. The summed E-state index contributed by atoms with van der Waals surface area (Å²) in [6.45, 7) is 0. The quantitative estimate of drug-likeness (QED) is 0.881. The molecule has 1 atom stereocenters. The van der Waals surface area contributed by atoms with Crippen molar-refractivity contribution in [3.05, 3.63) is 63.9 Å². The Balaban J connectivity index is 2.37. The molecule has 20 heavy (non-hydrogen) atoms. The molecule has 2 N–H and O–H groups in total. The first-order chi connectivity index (χ1) is 9.49. The van der Waals surface area contributed by atoms with Crippen molar-refractivity contribution < 1.29 is 14.3 Å². The van der Waals surface area contributed by atoms with E-state index in [0.717, 1.165) is 12.1 Å². The van der Waals surface area contributed by atoms with Crippen LogP contribution in [0.1, 0.15) is 11.6 Å². The van der Waals surface area contributed by atoms with Gasteiger partial charge in [0.05, 0.1) is 10.7 Å². The summed E-state index contributed by atoms with van der Waals surface area (Å²) in [4.78, 5) is 11.4. The fraction of sp³-hybridized carbons (Fsp3) is 0.0714. The molecule has 0 heterocycles. The second-order valence-corrected chi connectivity index (χ2v) is 4.88. The van der Waals surface area contributed by atoms with Gasteiger partial charge in [-0.2, -0.15) is 0 Å². The van der Waals surface area contributed by atoms with E-state index in [1.807, 2.05) is 0 Å². The predicted octanol–water partition coefficient (Wildman–Crippen LogP) is 4.37. The summed E-state index contributed by atoms with van der Waals surface area (Å²) in [5, 5.41) is 12.5. The highest BCUT2D eigenvalue weighted by atomic mass is 35.5. The van der Waals surface area contributed by atoms with Gasteiger partial charge in [0.15, 0.2) is 6.04 Å². The number of carboxylic acid groups (broad SMARTS) is 1. The minimum absolute atomic E-state index is 0.0388. The lowest BCUT2D eigenvalue weighted by Gasteiger charge is -2.18. The Kier molecular flexibility index (Phi) is 4.47. The Morgan fingerprint density at radius 1 is 1.15 bits per heavy atom. The fourth-order valence-corrected chi connectivity index (χ4v) is 2.21. The average molecular weight is 314 g/mol. The maximum Gasteiger partial charge on any atom is 0.330 e. The third-order valence-electron chi connectivity index (χ3n) is 2.69. The van der Waals surface area contributed by atoms with Gasteiger partial charge in [0.25, 0.3) is 0 Å². The molecule has 0 saturated carbocycles. The topological polar surface area (TPSA) is 49.3 Å². The summed E-state index contributed by atoms with van der Waals surface area (Å²) in [6.07, 6.45) is 0. The smallest absolute Gasteiger partial charge is 0.330 e. The maximum absolute atomic E-state index is 13.0. The zero-order valence-electron chi connectivity index (χ0n) is 10.1. The van der Waals surface area contributed by atoms with E-state index in [2.05, 4.69) is 5.32 Å². The summed E-state index contributed by atoms with van der Waals surface area (Å²) in [6, 6.07) is 9.17. The van der Waals surface area contributed by atoms with Crippen LogP contribution < -0.4 is 5.32 Å². The van der Waals surface area contributed by atoms with Crippen LogP contribution in [0, 0.1) is 5.82 Å². The van der Waals surface area contributed by atoms with Crippen LogP contribution >= 0.6 is 23.2 Å². The second-order valence-electron chi connectivity index (χ2n) is 4.06. The minimum Gasteiger partial charge on any atom is -0.479 e. The van der Waals surface area contributed by atoms with Gasteiger partial charge < -0.3 is 10.4 Å². The Morgan fingerprint density at radius 3 is 2.45 bits per heavy atom. The van der Waals surface area contributed by atoms with E-state index in [4.69, 9.17) is 23.2 Å². The first-order valence-corrected chi connectivity index (χ1v) is 6.43. The lowest BCUT2D eigenvalue weighted by Crippen LogP contribution is -2.21. The van der Waals surface area contributed by atoms with Gasteiger partial charge in [0.1, 0.15) is 5.82 Å². The fourth-order valence-electron chi connectivity index (χ4n) is 1.74. The van der Waals surface area contributed by atoms with Crippen molar-refractivity contribution in [1.29, 1.82) is 0 Å². The van der Waals surface area contributed by atoms with Crippen LogP contribution in [0.5, 0.6) is 0 Å². The standard InChI is InChI=1S/C14H10Cl2FNO2/c15-10-3-1-2-4-12(10)18-13(14(19)20)9-6-5-8(17)7-11(9)16/h1-7,13,18H,(H,19,20). The van der Waals surface area contributed by atoms with Gasteiger partial charge in [0, 0.05) is 10.6 Å². The van der Waals surface area contributed by atoms with Crippen molar-refractivity contribution in [2.24, 2.45) is 0 Å². The van der Waals surface area contributed by atoms with Crippen molar-refractivity contribution in [2.75, 3.05) is 5.32 Å². The van der Waals surface area contributed by atoms with Crippen LogP contribution in [-0.2, 0) is 4.79 Å². The molecule has 0 radical (unpaired) electrons. The number of carboxylic acids is 1. The number of nitrogens with one attached hydrogen (secondary N) is 1. The number of hydrogen-bond donors (Lipinski definition) is 2. The highest BCUT2D eigenvalue weighted by Gasteiger charge is 2.23. The molecule has 0 aliphatic heterocycles. The molecule has 0 bridgehead atoms. The van der Waals surface area contributed by atoms with Gasteiger partial charge in [-0.1, -0.05) is 41.4 Å². The number of hydrogen-bond acceptors (Lipinski definition) is 2. The Labute approximate surface area is 124 Å². The molecule has 3 nitrogen and oxygen atoms in total. The SMILES string of the molecule is O=C(O)C(Nc1ccccc1Cl)c1ccc(F)cc1Cl. The molecule has 0 saturated heterocycles. The van der Waals surface area contributed by atoms with Gasteiger partial charge in [0.2, 0.25) is 0 Å². The van der Waals surface area contributed by atoms with Crippen LogP contribution in [0.2, 0.25) is 10.0 Å². The minimum atomic E-state index is -1.14.